The van der Waals surface area contributed by atoms with Crippen molar-refractivity contribution in [2.45, 2.75) is 39.3 Å². The van der Waals surface area contributed by atoms with Gasteiger partial charge in [-0.2, -0.15) is 0 Å². The lowest BCUT2D eigenvalue weighted by Gasteiger charge is -2.23. The zero-order valence-corrected chi connectivity index (χ0v) is 16.5. The summed E-state index contributed by atoms with van der Waals surface area (Å²) in [5, 5.41) is 0. The number of likely N-dealkylation sites (tertiary alicyclic amines) is 1. The topological polar surface area (TPSA) is 64.2 Å². The molecular formula is C21H24N4OS. The number of carbonyl (C=O) groups excluding carboxylic acids is 1. The molecule has 1 fully saturated rings. The van der Waals surface area contributed by atoms with Crippen LogP contribution in [0.3, 0.4) is 0 Å². The highest BCUT2D eigenvalue weighted by atomic mass is 32.1. The maximum Gasteiger partial charge on any atom is 0.258 e. The maximum atomic E-state index is 11.4. The number of nitrogens with zero attached hydrogens (tertiary/aromatic N) is 3. The Bertz CT molecular complexity index is 960. The largest absolute Gasteiger partial charge is 0.365 e. The van der Waals surface area contributed by atoms with E-state index in [1.807, 2.05) is 18.3 Å². The number of carbonyl (C=O) groups is 1. The summed E-state index contributed by atoms with van der Waals surface area (Å²) in [4.78, 5) is 20.1. The van der Waals surface area contributed by atoms with Crippen LogP contribution in [0.1, 0.15) is 50.4 Å². The van der Waals surface area contributed by atoms with Gasteiger partial charge in [-0.15, -0.1) is 11.3 Å². The molecule has 1 atom stereocenters. The van der Waals surface area contributed by atoms with Gasteiger partial charge in [-0.05, 0) is 69.1 Å². The van der Waals surface area contributed by atoms with Crippen LogP contribution < -0.4 is 5.73 Å². The van der Waals surface area contributed by atoms with Gasteiger partial charge >= 0.3 is 0 Å². The summed E-state index contributed by atoms with van der Waals surface area (Å²) in [6, 6.07) is 10.6. The third-order valence-corrected chi connectivity index (χ3v) is 6.58. The van der Waals surface area contributed by atoms with Crippen molar-refractivity contribution in [2.75, 3.05) is 6.54 Å². The first-order chi connectivity index (χ1) is 13.0. The first kappa shape index (κ1) is 17.9. The molecule has 0 unspecified atom stereocenters. The lowest BCUT2D eigenvalue weighted by Crippen LogP contribution is -2.22. The van der Waals surface area contributed by atoms with Crippen LogP contribution >= 0.6 is 11.3 Å². The molecule has 0 saturated carbocycles. The van der Waals surface area contributed by atoms with Crippen LogP contribution in [0.2, 0.25) is 0 Å². The molecule has 4 rings (SSSR count). The molecule has 3 aromatic heterocycles. The summed E-state index contributed by atoms with van der Waals surface area (Å²) < 4.78 is 2.27. The molecule has 1 saturated heterocycles. The lowest BCUT2D eigenvalue weighted by molar-refractivity contribution is 0.100. The molecule has 1 aliphatic rings. The van der Waals surface area contributed by atoms with Gasteiger partial charge in [0.05, 0.1) is 16.8 Å². The fourth-order valence-electron chi connectivity index (χ4n) is 4.09. The average Bonchev–Trinajstić information content (AvgIpc) is 3.36. The number of rotatable bonds is 5. The standard InChI is InChI=1S/C21H24N4OS/c1-14-11-16(15(2)25(14)17-5-3-9-23-12-17)13-24-10-4-6-18(24)19-7-8-20(27-19)21(22)26/h3,5,7-9,11-12,18H,4,6,10,13H2,1-2H3,(H2,22,26)/t18-/m0/s1. The smallest absolute Gasteiger partial charge is 0.258 e. The van der Waals surface area contributed by atoms with Crippen molar-refractivity contribution in [2.24, 2.45) is 5.73 Å². The van der Waals surface area contributed by atoms with Gasteiger partial charge in [0.15, 0.2) is 0 Å². The fourth-order valence-corrected chi connectivity index (χ4v) is 5.12. The van der Waals surface area contributed by atoms with E-state index < -0.39 is 0 Å². The number of aromatic nitrogens is 2. The SMILES string of the molecule is Cc1cc(CN2CCC[C@H]2c2ccc(C(N)=O)s2)c(C)n1-c1cccnc1. The molecule has 6 heteroatoms. The number of hydrogen-bond acceptors (Lipinski definition) is 4. The summed E-state index contributed by atoms with van der Waals surface area (Å²) in [5.74, 6) is -0.337. The third kappa shape index (κ3) is 3.42. The van der Waals surface area contributed by atoms with Gasteiger partial charge in [0.25, 0.3) is 5.91 Å². The van der Waals surface area contributed by atoms with Gasteiger partial charge in [-0.25, -0.2) is 0 Å². The van der Waals surface area contributed by atoms with E-state index in [4.69, 9.17) is 5.73 Å². The quantitative estimate of drug-likeness (QED) is 0.728. The molecule has 140 valence electrons. The van der Waals surface area contributed by atoms with Gasteiger partial charge in [0.2, 0.25) is 0 Å². The number of primary amides is 1. The Labute approximate surface area is 163 Å². The van der Waals surface area contributed by atoms with E-state index in [2.05, 4.69) is 46.5 Å². The minimum absolute atomic E-state index is 0.337. The highest BCUT2D eigenvalue weighted by Gasteiger charge is 2.28. The third-order valence-electron chi connectivity index (χ3n) is 5.38. The first-order valence-electron chi connectivity index (χ1n) is 9.26. The number of pyridine rings is 1. The predicted octanol–water partition coefficient (Wildman–Crippen LogP) is 3.99. The van der Waals surface area contributed by atoms with E-state index >= 15 is 0 Å². The normalized spacial score (nSPS) is 17.5. The first-order valence-corrected chi connectivity index (χ1v) is 10.1. The van der Waals surface area contributed by atoms with E-state index in [-0.39, 0.29) is 5.91 Å². The van der Waals surface area contributed by atoms with E-state index in [9.17, 15) is 4.79 Å². The van der Waals surface area contributed by atoms with Gasteiger partial charge in [-0.3, -0.25) is 14.7 Å². The van der Waals surface area contributed by atoms with Gasteiger partial charge < -0.3 is 10.3 Å². The Morgan fingerprint density at radius 2 is 2.19 bits per heavy atom. The van der Waals surface area contributed by atoms with Gasteiger partial charge in [0, 0.05) is 35.0 Å². The number of hydrogen-bond donors (Lipinski definition) is 1. The predicted molar refractivity (Wildman–Crippen MR) is 108 cm³/mol. The number of aryl methyl sites for hydroxylation is 1. The van der Waals surface area contributed by atoms with Crippen molar-refractivity contribution in [1.29, 1.82) is 0 Å². The molecule has 0 radical (unpaired) electrons. The number of amides is 1. The monoisotopic (exact) mass is 380 g/mol. The van der Waals surface area contributed by atoms with Crippen molar-refractivity contribution in [3.63, 3.8) is 0 Å². The second-order valence-electron chi connectivity index (χ2n) is 7.14. The van der Waals surface area contributed by atoms with E-state index in [1.54, 1.807) is 6.20 Å². The van der Waals surface area contributed by atoms with Crippen LogP contribution in [0.15, 0.2) is 42.7 Å². The maximum absolute atomic E-state index is 11.4. The van der Waals surface area contributed by atoms with Gasteiger partial charge in [-0.1, -0.05) is 0 Å². The Morgan fingerprint density at radius 3 is 2.89 bits per heavy atom. The van der Waals surface area contributed by atoms with Crippen molar-refractivity contribution in [1.82, 2.24) is 14.5 Å². The molecule has 3 aromatic rings. The van der Waals surface area contributed by atoms with E-state index in [0.717, 1.165) is 25.2 Å². The molecule has 0 aromatic carbocycles. The molecule has 0 spiro atoms. The summed E-state index contributed by atoms with van der Waals surface area (Å²) in [5.41, 5.74) is 10.3. The molecule has 0 aliphatic carbocycles. The summed E-state index contributed by atoms with van der Waals surface area (Å²) in [6.07, 6.45) is 6.00. The molecule has 0 bridgehead atoms. The average molecular weight is 381 g/mol. The molecule has 27 heavy (non-hydrogen) atoms. The van der Waals surface area contributed by atoms with Gasteiger partial charge in [0.1, 0.15) is 0 Å². The fraction of sp³-hybridized carbons (Fsp3) is 0.333. The minimum atomic E-state index is -0.337. The van der Waals surface area contributed by atoms with E-state index in [0.29, 0.717) is 10.9 Å². The summed E-state index contributed by atoms with van der Waals surface area (Å²) in [6.45, 7) is 6.31. The van der Waals surface area contributed by atoms with Crippen LogP contribution in [0.4, 0.5) is 0 Å². The molecule has 5 nitrogen and oxygen atoms in total. The molecule has 1 aliphatic heterocycles. The van der Waals surface area contributed by atoms with E-state index in [1.165, 1.54) is 39.6 Å². The number of nitrogens with two attached hydrogens (primary N) is 1. The Kier molecular flexibility index (Phi) is 4.85. The Balaban J connectivity index is 1.59. The molecular weight excluding hydrogens is 356 g/mol. The second kappa shape index (κ2) is 7.29. The van der Waals surface area contributed by atoms with Crippen molar-refractivity contribution >= 4 is 17.2 Å². The lowest BCUT2D eigenvalue weighted by atomic mass is 10.1. The van der Waals surface area contributed by atoms with Crippen molar-refractivity contribution in [3.05, 3.63) is 69.4 Å². The van der Waals surface area contributed by atoms with Crippen molar-refractivity contribution < 1.29 is 4.79 Å². The van der Waals surface area contributed by atoms with Crippen LogP contribution in [0.25, 0.3) is 5.69 Å². The highest BCUT2D eigenvalue weighted by Crippen LogP contribution is 2.37. The molecule has 1 amide bonds. The van der Waals surface area contributed by atoms with Crippen LogP contribution in [0.5, 0.6) is 0 Å². The van der Waals surface area contributed by atoms with Crippen LogP contribution in [-0.2, 0) is 6.54 Å². The van der Waals surface area contributed by atoms with Crippen LogP contribution in [-0.4, -0.2) is 26.9 Å². The highest BCUT2D eigenvalue weighted by molar-refractivity contribution is 7.14. The summed E-state index contributed by atoms with van der Waals surface area (Å²) >= 11 is 1.53. The van der Waals surface area contributed by atoms with Crippen molar-refractivity contribution in [3.8, 4) is 5.69 Å². The zero-order valence-electron chi connectivity index (χ0n) is 15.7. The Hall–Kier alpha value is -2.44. The second-order valence-corrected chi connectivity index (χ2v) is 8.25. The number of thiophene rings is 1. The van der Waals surface area contributed by atoms with Crippen LogP contribution in [0, 0.1) is 13.8 Å². The molecule has 4 heterocycles. The molecule has 2 N–H and O–H groups in total. The minimum Gasteiger partial charge on any atom is -0.365 e. The summed E-state index contributed by atoms with van der Waals surface area (Å²) in [7, 11) is 0. The zero-order chi connectivity index (χ0) is 19.0. The Morgan fingerprint density at radius 1 is 1.33 bits per heavy atom.